The zero-order valence-electron chi connectivity index (χ0n) is 16.2. The lowest BCUT2D eigenvalue weighted by Gasteiger charge is -2.24. The van der Waals surface area contributed by atoms with Crippen molar-refractivity contribution in [1.29, 1.82) is 0 Å². The Balaban J connectivity index is 1.81. The summed E-state index contributed by atoms with van der Waals surface area (Å²) in [4.78, 5) is 15.6. The van der Waals surface area contributed by atoms with E-state index >= 15 is 0 Å². The average Bonchev–Trinajstić information content (AvgIpc) is 3.35. The van der Waals surface area contributed by atoms with Gasteiger partial charge in [0, 0.05) is 37.2 Å². The highest BCUT2D eigenvalue weighted by Crippen LogP contribution is 2.39. The minimum absolute atomic E-state index is 0.438. The quantitative estimate of drug-likeness (QED) is 0.644. The van der Waals surface area contributed by atoms with Crippen molar-refractivity contribution in [3.8, 4) is 11.1 Å². The smallest absolute Gasteiger partial charge is 0.158 e. The van der Waals surface area contributed by atoms with E-state index in [0.29, 0.717) is 12.6 Å². The van der Waals surface area contributed by atoms with Gasteiger partial charge in [0.2, 0.25) is 0 Å². The van der Waals surface area contributed by atoms with Crippen LogP contribution in [0.15, 0.2) is 35.7 Å². The molecule has 0 saturated carbocycles. The Hall–Kier alpha value is -2.02. The molecule has 0 amide bonds. The molecule has 0 aliphatic carbocycles. The van der Waals surface area contributed by atoms with Crippen molar-refractivity contribution in [2.45, 2.75) is 26.0 Å². The number of nitrogens with zero attached hydrogens (tertiary/aromatic N) is 4. The number of ether oxygens (including phenoxy) is 1. The normalized spacial score (nSPS) is 17.3. The Morgan fingerprint density at radius 1 is 1.26 bits per heavy atom. The Morgan fingerprint density at radius 2 is 2.07 bits per heavy atom. The molecule has 1 aliphatic heterocycles. The van der Waals surface area contributed by atoms with Crippen LogP contribution in [0.2, 0.25) is 0 Å². The minimum Gasteiger partial charge on any atom is -0.377 e. The lowest BCUT2D eigenvalue weighted by Crippen LogP contribution is -2.34. The third-order valence-corrected chi connectivity index (χ3v) is 6.28. The van der Waals surface area contributed by atoms with Gasteiger partial charge in [-0.25, -0.2) is 9.97 Å². The average molecular weight is 383 g/mol. The number of anilines is 1. The van der Waals surface area contributed by atoms with E-state index in [1.807, 2.05) is 0 Å². The van der Waals surface area contributed by atoms with Crippen LogP contribution >= 0.6 is 11.3 Å². The van der Waals surface area contributed by atoms with Gasteiger partial charge in [-0.3, -0.25) is 0 Å². The molecule has 1 saturated heterocycles. The third-order valence-electron chi connectivity index (χ3n) is 5.40. The summed E-state index contributed by atoms with van der Waals surface area (Å²) in [5, 5.41) is 3.38. The fourth-order valence-corrected chi connectivity index (χ4v) is 4.73. The number of rotatable bonds is 6. The largest absolute Gasteiger partial charge is 0.377 e. The topological polar surface area (TPSA) is 41.5 Å². The lowest BCUT2D eigenvalue weighted by molar-refractivity contribution is 0.178. The molecule has 1 atom stereocenters. The van der Waals surface area contributed by atoms with Gasteiger partial charge in [0.05, 0.1) is 5.39 Å². The van der Waals surface area contributed by atoms with Crippen LogP contribution in [-0.2, 0) is 11.3 Å². The van der Waals surface area contributed by atoms with E-state index in [1.165, 1.54) is 22.9 Å². The second-order valence-corrected chi connectivity index (χ2v) is 7.91. The molecule has 4 rings (SSSR count). The summed E-state index contributed by atoms with van der Waals surface area (Å²) in [6, 6.07) is 11.1. The molecular formula is C21H26N4OS. The minimum atomic E-state index is 0.438. The van der Waals surface area contributed by atoms with Crippen molar-refractivity contribution in [2.75, 3.05) is 38.7 Å². The zero-order chi connectivity index (χ0) is 18.8. The molecular weight excluding hydrogens is 356 g/mol. The Bertz CT molecular complexity index is 911. The van der Waals surface area contributed by atoms with Crippen LogP contribution in [0.4, 0.5) is 5.82 Å². The van der Waals surface area contributed by atoms with E-state index in [0.717, 1.165) is 36.1 Å². The molecule has 1 aliphatic rings. The highest BCUT2D eigenvalue weighted by molar-refractivity contribution is 7.17. The molecule has 1 fully saturated rings. The molecule has 0 spiro atoms. The van der Waals surface area contributed by atoms with Crippen molar-refractivity contribution in [3.05, 3.63) is 41.5 Å². The maximum absolute atomic E-state index is 5.32. The number of thiophene rings is 1. The van der Waals surface area contributed by atoms with Gasteiger partial charge in [-0.05, 0) is 25.6 Å². The molecule has 1 aromatic carbocycles. The fraction of sp³-hybridized carbons (Fsp3) is 0.429. The first-order valence-electron chi connectivity index (χ1n) is 9.49. The Labute approximate surface area is 164 Å². The number of methoxy groups -OCH3 is 1. The summed E-state index contributed by atoms with van der Waals surface area (Å²) in [6.07, 6.45) is 1.17. The highest BCUT2D eigenvalue weighted by atomic mass is 32.1. The van der Waals surface area contributed by atoms with Crippen molar-refractivity contribution in [1.82, 2.24) is 14.9 Å². The standard InChI is InChI=1S/C21H26N4OS/c1-4-24(2)16-10-11-25(12-16)20-19-17(15-8-6-5-7-9-15)14-27-21(19)23-18(22-20)13-26-3/h5-9,14,16H,4,10-13H2,1-3H3. The Morgan fingerprint density at radius 3 is 2.81 bits per heavy atom. The molecule has 5 nitrogen and oxygen atoms in total. The predicted octanol–water partition coefficient (Wildman–Crippen LogP) is 4.04. The molecule has 0 N–H and O–H groups in total. The summed E-state index contributed by atoms with van der Waals surface area (Å²) >= 11 is 1.69. The van der Waals surface area contributed by atoms with Crippen LogP contribution in [0.3, 0.4) is 0 Å². The van der Waals surface area contributed by atoms with Gasteiger partial charge < -0.3 is 14.5 Å². The number of benzene rings is 1. The summed E-state index contributed by atoms with van der Waals surface area (Å²) in [7, 11) is 3.90. The first-order valence-corrected chi connectivity index (χ1v) is 10.4. The second-order valence-electron chi connectivity index (χ2n) is 7.05. The molecule has 27 heavy (non-hydrogen) atoms. The number of hydrogen-bond acceptors (Lipinski definition) is 6. The molecule has 3 aromatic rings. The highest BCUT2D eigenvalue weighted by Gasteiger charge is 2.28. The lowest BCUT2D eigenvalue weighted by atomic mass is 10.1. The second kappa shape index (κ2) is 7.92. The summed E-state index contributed by atoms with van der Waals surface area (Å²) in [6.45, 7) is 5.76. The number of hydrogen-bond donors (Lipinski definition) is 0. The summed E-state index contributed by atoms with van der Waals surface area (Å²) in [5.74, 6) is 1.81. The van der Waals surface area contributed by atoms with Crippen molar-refractivity contribution in [3.63, 3.8) is 0 Å². The first-order chi connectivity index (χ1) is 13.2. The van der Waals surface area contributed by atoms with E-state index in [4.69, 9.17) is 14.7 Å². The molecule has 3 heterocycles. The van der Waals surface area contributed by atoms with Crippen LogP contribution < -0.4 is 4.90 Å². The van der Waals surface area contributed by atoms with Crippen LogP contribution in [-0.4, -0.2) is 54.7 Å². The van der Waals surface area contributed by atoms with Crippen LogP contribution in [0, 0.1) is 0 Å². The maximum Gasteiger partial charge on any atom is 0.158 e. The molecule has 0 radical (unpaired) electrons. The molecule has 2 aromatic heterocycles. The van der Waals surface area contributed by atoms with Gasteiger partial charge in [0.25, 0.3) is 0 Å². The first kappa shape index (κ1) is 18.3. The van der Waals surface area contributed by atoms with E-state index in [1.54, 1.807) is 18.4 Å². The monoisotopic (exact) mass is 382 g/mol. The van der Waals surface area contributed by atoms with Crippen LogP contribution in [0.5, 0.6) is 0 Å². The van der Waals surface area contributed by atoms with Gasteiger partial charge >= 0.3 is 0 Å². The number of aromatic nitrogens is 2. The SMILES string of the molecule is CCN(C)C1CCN(c2nc(COC)nc3scc(-c4ccccc4)c23)C1. The van der Waals surface area contributed by atoms with Gasteiger partial charge in [-0.15, -0.1) is 11.3 Å². The number of likely N-dealkylation sites (N-methyl/N-ethyl adjacent to an activating group) is 1. The van der Waals surface area contributed by atoms with E-state index in [2.05, 4.69) is 59.5 Å². The fourth-order valence-electron chi connectivity index (χ4n) is 3.77. The van der Waals surface area contributed by atoms with E-state index in [-0.39, 0.29) is 0 Å². The number of fused-ring (bicyclic) bond motifs is 1. The molecule has 6 heteroatoms. The van der Waals surface area contributed by atoms with Crippen molar-refractivity contribution >= 4 is 27.4 Å². The van der Waals surface area contributed by atoms with Crippen molar-refractivity contribution < 1.29 is 4.74 Å². The third kappa shape index (κ3) is 3.57. The van der Waals surface area contributed by atoms with E-state index in [9.17, 15) is 0 Å². The molecule has 142 valence electrons. The van der Waals surface area contributed by atoms with E-state index < -0.39 is 0 Å². The molecule has 0 bridgehead atoms. The molecule has 1 unspecified atom stereocenters. The summed E-state index contributed by atoms with van der Waals surface area (Å²) in [5.41, 5.74) is 2.44. The van der Waals surface area contributed by atoms with Gasteiger partial charge in [-0.1, -0.05) is 37.3 Å². The van der Waals surface area contributed by atoms with Gasteiger partial charge in [-0.2, -0.15) is 0 Å². The van der Waals surface area contributed by atoms with Gasteiger partial charge in [0.1, 0.15) is 17.3 Å². The van der Waals surface area contributed by atoms with Gasteiger partial charge in [0.15, 0.2) is 5.82 Å². The van der Waals surface area contributed by atoms with Crippen LogP contribution in [0.25, 0.3) is 21.3 Å². The van der Waals surface area contributed by atoms with Crippen molar-refractivity contribution in [2.24, 2.45) is 0 Å². The predicted molar refractivity (Wildman–Crippen MR) is 112 cm³/mol. The zero-order valence-corrected chi connectivity index (χ0v) is 17.0. The Kier molecular flexibility index (Phi) is 5.38. The van der Waals surface area contributed by atoms with Crippen LogP contribution in [0.1, 0.15) is 19.2 Å². The maximum atomic E-state index is 5.32. The summed E-state index contributed by atoms with van der Waals surface area (Å²) < 4.78 is 5.32.